The number of carbonyl (C=O) groups excluding carboxylic acids is 1. The molecule has 1 aliphatic rings. The summed E-state index contributed by atoms with van der Waals surface area (Å²) in [5.41, 5.74) is 2.03. The zero-order chi connectivity index (χ0) is 27.8. The molecular weight excluding hydrogens is 484 g/mol. The first-order valence-electron chi connectivity index (χ1n) is 13.1. The Balaban J connectivity index is 1.94. The summed E-state index contributed by atoms with van der Waals surface area (Å²) in [6.45, 7) is 22.4. The molecule has 0 aliphatic carbocycles. The first-order chi connectivity index (χ1) is 17.0. The molecule has 0 aromatic carbocycles. The molecule has 3 rings (SSSR count). The summed E-state index contributed by atoms with van der Waals surface area (Å²) in [6.07, 6.45) is 1.58. The van der Waals surface area contributed by atoms with Crippen LogP contribution >= 0.6 is 0 Å². The van der Waals surface area contributed by atoms with Crippen LogP contribution in [-0.2, 0) is 9.16 Å². The lowest BCUT2D eigenvalue weighted by Crippen LogP contribution is -2.64. The number of nitrogens with zero attached hydrogens (tertiary/aromatic N) is 4. The minimum absolute atomic E-state index is 0.139. The number of anilines is 1. The Morgan fingerprint density at radius 2 is 1.65 bits per heavy atom. The molecule has 206 valence electrons. The SMILES string of the molecule is COc1cc(-n2c(C)ccc2C)ncc1N1CCN(C(=O)OC(C)(C)C)[C@@H](C(C)(C)O[SiH2]C(C)(C)C)C1. The van der Waals surface area contributed by atoms with Crippen molar-refractivity contribution < 1.29 is 18.7 Å². The molecule has 8 nitrogen and oxygen atoms in total. The van der Waals surface area contributed by atoms with E-state index in [1.165, 1.54) is 0 Å². The van der Waals surface area contributed by atoms with Crippen molar-refractivity contribution in [2.75, 3.05) is 31.6 Å². The van der Waals surface area contributed by atoms with Gasteiger partial charge < -0.3 is 23.4 Å². The van der Waals surface area contributed by atoms with E-state index in [4.69, 9.17) is 18.9 Å². The molecule has 0 N–H and O–H groups in total. The van der Waals surface area contributed by atoms with Gasteiger partial charge in [0.25, 0.3) is 0 Å². The molecule has 3 heterocycles. The van der Waals surface area contributed by atoms with Crippen LogP contribution in [0.1, 0.15) is 66.8 Å². The van der Waals surface area contributed by atoms with Crippen molar-refractivity contribution in [1.29, 1.82) is 0 Å². The third kappa shape index (κ3) is 7.07. The minimum Gasteiger partial charge on any atom is -0.494 e. The molecule has 1 atom stereocenters. The second kappa shape index (κ2) is 10.7. The maximum atomic E-state index is 13.3. The molecular formula is C28H46N4O4Si. The first kappa shape index (κ1) is 29.0. The third-order valence-corrected chi connectivity index (χ3v) is 8.34. The van der Waals surface area contributed by atoms with Crippen molar-refractivity contribution in [3.63, 3.8) is 0 Å². The lowest BCUT2D eigenvalue weighted by molar-refractivity contribution is -0.0296. The van der Waals surface area contributed by atoms with Crippen LogP contribution in [0.2, 0.25) is 5.04 Å². The van der Waals surface area contributed by atoms with E-state index in [-0.39, 0.29) is 17.2 Å². The van der Waals surface area contributed by atoms with Crippen LogP contribution in [0.15, 0.2) is 24.4 Å². The van der Waals surface area contributed by atoms with Crippen molar-refractivity contribution >= 4 is 21.5 Å². The highest BCUT2D eigenvalue weighted by Crippen LogP contribution is 2.35. The largest absolute Gasteiger partial charge is 0.494 e. The van der Waals surface area contributed by atoms with Crippen LogP contribution < -0.4 is 9.64 Å². The fourth-order valence-electron chi connectivity index (χ4n) is 4.61. The van der Waals surface area contributed by atoms with Crippen LogP contribution in [0.4, 0.5) is 10.5 Å². The molecule has 0 bridgehead atoms. The number of hydrogen-bond acceptors (Lipinski definition) is 6. The molecule has 9 heteroatoms. The highest BCUT2D eigenvalue weighted by molar-refractivity contribution is 6.31. The number of hydrogen-bond donors (Lipinski definition) is 0. The van der Waals surface area contributed by atoms with Gasteiger partial charge in [-0.2, -0.15) is 0 Å². The molecule has 1 saturated heterocycles. The lowest BCUT2D eigenvalue weighted by atomic mass is 9.94. The normalized spacial score (nSPS) is 17.5. The van der Waals surface area contributed by atoms with E-state index in [9.17, 15) is 4.79 Å². The zero-order valence-electron chi connectivity index (χ0n) is 24.6. The third-order valence-electron chi connectivity index (χ3n) is 6.58. The van der Waals surface area contributed by atoms with E-state index in [0.29, 0.717) is 19.6 Å². The summed E-state index contributed by atoms with van der Waals surface area (Å²) < 4.78 is 20.3. The number of aromatic nitrogens is 2. The molecule has 2 aromatic heterocycles. The van der Waals surface area contributed by atoms with Gasteiger partial charge in [0.2, 0.25) is 0 Å². The summed E-state index contributed by atoms with van der Waals surface area (Å²) in [5, 5.41) is 0.139. The number of aryl methyl sites for hydroxylation is 2. The summed E-state index contributed by atoms with van der Waals surface area (Å²) in [6, 6.07) is 5.95. The van der Waals surface area contributed by atoms with Crippen LogP contribution in [0, 0.1) is 13.8 Å². The maximum absolute atomic E-state index is 13.3. The van der Waals surface area contributed by atoms with Crippen LogP contribution in [0.25, 0.3) is 5.82 Å². The Morgan fingerprint density at radius 3 is 2.19 bits per heavy atom. The molecule has 0 unspecified atom stereocenters. The Kier molecular flexibility index (Phi) is 8.39. The van der Waals surface area contributed by atoms with Crippen LogP contribution in [0.5, 0.6) is 5.75 Å². The number of pyridine rings is 1. The summed E-state index contributed by atoms with van der Waals surface area (Å²) in [4.78, 5) is 22.2. The second-order valence-corrected chi connectivity index (χ2v) is 15.5. The van der Waals surface area contributed by atoms with Gasteiger partial charge in [-0.05, 0) is 65.6 Å². The van der Waals surface area contributed by atoms with Gasteiger partial charge in [0.05, 0.1) is 30.6 Å². The minimum atomic E-state index is -0.847. The fraction of sp³-hybridized carbons (Fsp3) is 0.643. The van der Waals surface area contributed by atoms with Gasteiger partial charge in [-0.25, -0.2) is 9.78 Å². The number of rotatable bonds is 6. The van der Waals surface area contributed by atoms with Crippen molar-refractivity contribution in [2.24, 2.45) is 0 Å². The average molecular weight is 531 g/mol. The van der Waals surface area contributed by atoms with E-state index in [0.717, 1.165) is 28.6 Å². The predicted molar refractivity (Wildman–Crippen MR) is 152 cm³/mol. The van der Waals surface area contributed by atoms with E-state index in [2.05, 4.69) is 70.1 Å². The van der Waals surface area contributed by atoms with Gasteiger partial charge in [-0.1, -0.05) is 20.8 Å². The van der Waals surface area contributed by atoms with Gasteiger partial charge in [-0.3, -0.25) is 4.90 Å². The Hall–Kier alpha value is -2.52. The molecule has 0 radical (unpaired) electrons. The summed E-state index contributed by atoms with van der Waals surface area (Å²) in [5.74, 6) is 1.58. The molecule has 1 amide bonds. The molecule has 0 spiro atoms. The quantitative estimate of drug-likeness (QED) is 0.489. The monoisotopic (exact) mass is 530 g/mol. The standard InChI is InChI=1S/C28H46N4O4Si/c1-19-12-13-20(2)32(19)24-16-22(34-11)21(17-29-24)30-14-15-31(25(33)35-26(3,4)5)23(18-30)28(9,10)36-37-27(6,7)8/h12-13,16-17,23H,14-15,18,37H2,1-11H3/t23-/m1/s1. The van der Waals surface area contributed by atoms with Crippen molar-refractivity contribution in [2.45, 2.75) is 91.5 Å². The number of amides is 1. The predicted octanol–water partition coefficient (Wildman–Crippen LogP) is 5.02. The topological polar surface area (TPSA) is 69.1 Å². The highest BCUT2D eigenvalue weighted by atomic mass is 28.2. The molecule has 0 saturated carbocycles. The Bertz CT molecular complexity index is 1080. The van der Waals surface area contributed by atoms with Gasteiger partial charge in [0, 0.05) is 37.1 Å². The number of piperazine rings is 1. The van der Waals surface area contributed by atoms with E-state index >= 15 is 0 Å². The summed E-state index contributed by atoms with van der Waals surface area (Å²) >= 11 is 0. The number of methoxy groups -OCH3 is 1. The van der Waals surface area contributed by atoms with Gasteiger partial charge in [0.1, 0.15) is 17.2 Å². The Morgan fingerprint density at radius 1 is 1.03 bits per heavy atom. The molecule has 2 aromatic rings. The second-order valence-electron chi connectivity index (χ2n) is 12.8. The van der Waals surface area contributed by atoms with Crippen molar-refractivity contribution in [3.8, 4) is 11.6 Å². The molecule has 1 aliphatic heterocycles. The van der Waals surface area contributed by atoms with Gasteiger partial charge in [-0.15, -0.1) is 0 Å². The van der Waals surface area contributed by atoms with Crippen molar-refractivity contribution in [3.05, 3.63) is 35.8 Å². The van der Waals surface area contributed by atoms with E-state index < -0.39 is 21.0 Å². The smallest absolute Gasteiger partial charge is 0.410 e. The van der Waals surface area contributed by atoms with Crippen LogP contribution in [-0.4, -0.2) is 74.3 Å². The van der Waals surface area contributed by atoms with E-state index in [1.807, 2.05) is 37.9 Å². The van der Waals surface area contributed by atoms with Gasteiger partial charge in [0.15, 0.2) is 9.76 Å². The fourth-order valence-corrected chi connectivity index (χ4v) is 5.60. The maximum Gasteiger partial charge on any atom is 0.410 e. The average Bonchev–Trinajstić information content (AvgIpc) is 3.13. The zero-order valence-corrected chi connectivity index (χ0v) is 26.1. The number of ether oxygens (including phenoxy) is 2. The highest BCUT2D eigenvalue weighted by Gasteiger charge is 2.43. The van der Waals surface area contributed by atoms with Crippen molar-refractivity contribution in [1.82, 2.24) is 14.5 Å². The van der Waals surface area contributed by atoms with Gasteiger partial charge >= 0.3 is 6.09 Å². The summed E-state index contributed by atoms with van der Waals surface area (Å²) in [7, 11) is 0.842. The van der Waals surface area contributed by atoms with Crippen LogP contribution in [0.3, 0.4) is 0 Å². The first-order valence-corrected chi connectivity index (χ1v) is 14.4. The molecule has 37 heavy (non-hydrogen) atoms. The lowest BCUT2D eigenvalue weighted by Gasteiger charge is -2.49. The Labute approximate surface area is 225 Å². The van der Waals surface area contributed by atoms with E-state index in [1.54, 1.807) is 7.11 Å². The number of carbonyl (C=O) groups is 1. The molecule has 1 fully saturated rings.